The van der Waals surface area contributed by atoms with Gasteiger partial charge in [0.05, 0.1) is 22.8 Å². The number of benzene rings is 1. The van der Waals surface area contributed by atoms with Gasteiger partial charge in [0, 0.05) is 31.4 Å². The van der Waals surface area contributed by atoms with Crippen LogP contribution in [0.25, 0.3) is 0 Å². The van der Waals surface area contributed by atoms with Crippen LogP contribution in [-0.4, -0.2) is 47.8 Å². The van der Waals surface area contributed by atoms with Gasteiger partial charge in [-0.1, -0.05) is 23.7 Å². The van der Waals surface area contributed by atoms with E-state index in [2.05, 4.69) is 10.3 Å². The van der Waals surface area contributed by atoms with E-state index in [4.69, 9.17) is 17.3 Å². The van der Waals surface area contributed by atoms with Gasteiger partial charge in [-0.3, -0.25) is 0 Å². The van der Waals surface area contributed by atoms with Gasteiger partial charge < -0.3 is 20.9 Å². The molecule has 2 aromatic rings. The Labute approximate surface area is 177 Å². The Kier molecular flexibility index (Phi) is 6.30. The molecule has 10 heteroatoms. The molecule has 0 bridgehead atoms. The van der Waals surface area contributed by atoms with Gasteiger partial charge in [0.15, 0.2) is 0 Å². The van der Waals surface area contributed by atoms with Gasteiger partial charge >= 0.3 is 12.2 Å². The third kappa shape index (κ3) is 4.89. The molecule has 0 aliphatic carbocycles. The quantitative estimate of drug-likeness (QED) is 0.722. The molecule has 1 aromatic carbocycles. The Bertz CT molecular complexity index is 906. The zero-order valence-corrected chi connectivity index (χ0v) is 17.3. The van der Waals surface area contributed by atoms with Crippen molar-refractivity contribution in [1.29, 1.82) is 0 Å². The van der Waals surface area contributed by atoms with Crippen LogP contribution in [-0.2, 0) is 0 Å². The van der Waals surface area contributed by atoms with Crippen molar-refractivity contribution in [3.05, 3.63) is 47.1 Å². The molecule has 6 nitrogen and oxygen atoms in total. The highest BCUT2D eigenvalue weighted by atomic mass is 35.5. The van der Waals surface area contributed by atoms with Crippen LogP contribution in [0, 0.1) is 0 Å². The highest BCUT2D eigenvalue weighted by Crippen LogP contribution is 2.34. The lowest BCUT2D eigenvalue weighted by Crippen LogP contribution is -2.55. The summed E-state index contributed by atoms with van der Waals surface area (Å²) in [5.74, 6) is -0.948. The van der Waals surface area contributed by atoms with Crippen LogP contribution in [0.3, 0.4) is 0 Å². The average molecular weight is 442 g/mol. The first-order valence-corrected chi connectivity index (χ1v) is 9.84. The molecule has 1 saturated heterocycles. The van der Waals surface area contributed by atoms with Crippen molar-refractivity contribution < 1.29 is 18.0 Å². The molecule has 1 unspecified atom stereocenters. The summed E-state index contributed by atoms with van der Waals surface area (Å²) < 4.78 is 38.5. The molecule has 0 radical (unpaired) electrons. The molecule has 2 atom stereocenters. The monoisotopic (exact) mass is 441 g/mol. The fourth-order valence-corrected chi connectivity index (χ4v) is 3.66. The predicted molar refractivity (Wildman–Crippen MR) is 112 cm³/mol. The topological polar surface area (TPSA) is 74.5 Å². The van der Waals surface area contributed by atoms with Gasteiger partial charge in [0.25, 0.3) is 0 Å². The second-order valence-electron chi connectivity index (χ2n) is 7.38. The number of hydrogen-bond donors (Lipinski definition) is 2. The number of urea groups is 1. The number of carbonyl (C=O) groups is 1. The lowest BCUT2D eigenvalue weighted by atomic mass is 10.0. The van der Waals surface area contributed by atoms with Crippen molar-refractivity contribution in [2.24, 2.45) is 0 Å². The first-order chi connectivity index (χ1) is 14.1. The number of nitrogens with two attached hydrogens (primary N) is 1. The SMILES string of the molecule is CC(c1ccc(NC(=O)N2CCN(c3ncc(N)cc3Cl)C[C@H]2C)cc1)C(F)(F)F. The number of piperazine rings is 1. The van der Waals surface area contributed by atoms with Gasteiger partial charge in [0.2, 0.25) is 0 Å². The number of nitrogen functional groups attached to an aromatic ring is 1. The van der Waals surface area contributed by atoms with Gasteiger partial charge in [-0.2, -0.15) is 13.2 Å². The Balaban J connectivity index is 1.61. The Hall–Kier alpha value is -2.68. The van der Waals surface area contributed by atoms with Crippen LogP contribution in [0.1, 0.15) is 25.3 Å². The number of nitrogens with one attached hydrogen (secondary N) is 1. The van der Waals surface area contributed by atoms with Crippen molar-refractivity contribution in [1.82, 2.24) is 9.88 Å². The Morgan fingerprint density at radius 3 is 2.53 bits per heavy atom. The number of anilines is 3. The van der Waals surface area contributed by atoms with Crippen LogP contribution in [0.15, 0.2) is 36.5 Å². The third-order valence-electron chi connectivity index (χ3n) is 5.18. The van der Waals surface area contributed by atoms with Crippen molar-refractivity contribution in [2.75, 3.05) is 35.6 Å². The lowest BCUT2D eigenvalue weighted by molar-refractivity contribution is -0.146. The smallest absolute Gasteiger partial charge is 0.395 e. The maximum absolute atomic E-state index is 12.8. The van der Waals surface area contributed by atoms with Crippen LogP contribution >= 0.6 is 11.6 Å². The lowest BCUT2D eigenvalue weighted by Gasteiger charge is -2.40. The van der Waals surface area contributed by atoms with E-state index in [-0.39, 0.29) is 17.6 Å². The van der Waals surface area contributed by atoms with Crippen LogP contribution in [0.4, 0.5) is 35.2 Å². The van der Waals surface area contributed by atoms with E-state index < -0.39 is 12.1 Å². The second kappa shape index (κ2) is 8.59. The molecule has 30 heavy (non-hydrogen) atoms. The highest BCUT2D eigenvalue weighted by molar-refractivity contribution is 6.33. The van der Waals surface area contributed by atoms with Gasteiger partial charge in [0.1, 0.15) is 5.82 Å². The summed E-state index contributed by atoms with van der Waals surface area (Å²) in [6, 6.07) is 6.92. The molecule has 0 saturated carbocycles. The molecule has 1 aliphatic heterocycles. The molecular formula is C20H23ClF3N5O. The Morgan fingerprint density at radius 2 is 1.97 bits per heavy atom. The molecule has 2 amide bonds. The van der Waals surface area contributed by atoms with Gasteiger partial charge in [-0.05, 0) is 37.6 Å². The van der Waals surface area contributed by atoms with E-state index in [1.807, 2.05) is 11.8 Å². The number of hydrogen-bond acceptors (Lipinski definition) is 4. The molecule has 1 aliphatic rings. The Morgan fingerprint density at radius 1 is 1.30 bits per heavy atom. The number of pyridine rings is 1. The second-order valence-corrected chi connectivity index (χ2v) is 7.79. The first kappa shape index (κ1) is 22.0. The molecular weight excluding hydrogens is 419 g/mol. The first-order valence-electron chi connectivity index (χ1n) is 9.46. The summed E-state index contributed by atoms with van der Waals surface area (Å²) in [5, 5.41) is 3.20. The fraction of sp³-hybridized carbons (Fsp3) is 0.400. The molecule has 2 heterocycles. The molecule has 1 aromatic heterocycles. The molecule has 0 spiro atoms. The predicted octanol–water partition coefficient (Wildman–Crippen LogP) is 4.73. The van der Waals surface area contributed by atoms with E-state index in [1.54, 1.807) is 11.0 Å². The normalized spacial score (nSPS) is 18.3. The number of amides is 2. The molecule has 3 N–H and O–H groups in total. The van der Waals surface area contributed by atoms with Crippen LogP contribution in [0.5, 0.6) is 0 Å². The largest absolute Gasteiger partial charge is 0.397 e. The van der Waals surface area contributed by atoms with E-state index in [9.17, 15) is 18.0 Å². The van der Waals surface area contributed by atoms with Crippen LogP contribution in [0.2, 0.25) is 5.02 Å². The van der Waals surface area contributed by atoms with Gasteiger partial charge in [-0.15, -0.1) is 0 Å². The minimum Gasteiger partial charge on any atom is -0.397 e. The van der Waals surface area contributed by atoms with Crippen molar-refractivity contribution in [2.45, 2.75) is 32.0 Å². The summed E-state index contributed by atoms with van der Waals surface area (Å²) in [5.41, 5.74) is 6.75. The van der Waals surface area contributed by atoms with Crippen molar-refractivity contribution >= 4 is 34.8 Å². The summed E-state index contributed by atoms with van der Waals surface area (Å²) in [7, 11) is 0. The maximum Gasteiger partial charge on any atom is 0.395 e. The zero-order chi connectivity index (χ0) is 22.1. The highest BCUT2D eigenvalue weighted by Gasteiger charge is 2.37. The third-order valence-corrected chi connectivity index (χ3v) is 5.46. The number of halogens is 4. The van der Waals surface area contributed by atoms with E-state index in [0.29, 0.717) is 41.8 Å². The average Bonchev–Trinajstić information content (AvgIpc) is 2.67. The fourth-order valence-electron chi connectivity index (χ4n) is 3.37. The standard InChI is InChI=1S/C20H23ClF3N5O/c1-12-11-28(18-17(21)9-15(25)10-26-18)7-8-29(12)19(30)27-16-5-3-14(4-6-16)13(2)20(22,23)24/h3-6,9-10,12-13H,7-8,11,25H2,1-2H3,(H,27,30)/t12-,13?/m1/s1. The zero-order valence-electron chi connectivity index (χ0n) is 16.6. The summed E-state index contributed by atoms with van der Waals surface area (Å²) >= 11 is 6.23. The molecule has 162 valence electrons. The van der Waals surface area contributed by atoms with Crippen LogP contribution < -0.4 is 16.0 Å². The molecule has 1 fully saturated rings. The van der Waals surface area contributed by atoms with Crippen molar-refractivity contribution in [3.8, 4) is 0 Å². The molecule has 3 rings (SSSR count). The number of nitrogens with zero attached hydrogens (tertiary/aromatic N) is 3. The van der Waals surface area contributed by atoms with E-state index in [0.717, 1.165) is 6.92 Å². The van der Waals surface area contributed by atoms with Crippen molar-refractivity contribution in [3.63, 3.8) is 0 Å². The maximum atomic E-state index is 12.8. The van der Waals surface area contributed by atoms with Gasteiger partial charge in [-0.25, -0.2) is 9.78 Å². The number of aromatic nitrogens is 1. The minimum absolute atomic E-state index is 0.126. The summed E-state index contributed by atoms with van der Waals surface area (Å²) in [4.78, 5) is 20.6. The number of rotatable bonds is 3. The summed E-state index contributed by atoms with van der Waals surface area (Å²) in [6.45, 7) is 4.53. The van der Waals surface area contributed by atoms with E-state index >= 15 is 0 Å². The number of alkyl halides is 3. The minimum atomic E-state index is -4.30. The summed E-state index contributed by atoms with van der Waals surface area (Å²) in [6.07, 6.45) is -2.77. The number of carbonyl (C=O) groups excluding carboxylic acids is 1. The van der Waals surface area contributed by atoms with E-state index in [1.165, 1.54) is 30.5 Å².